The fraction of sp³-hybridized carbons (Fsp3) is 0.333. The van der Waals surface area contributed by atoms with E-state index in [-0.39, 0.29) is 5.91 Å². The summed E-state index contributed by atoms with van der Waals surface area (Å²) in [7, 11) is 0. The number of rotatable bonds is 6. The van der Waals surface area contributed by atoms with E-state index in [9.17, 15) is 4.79 Å². The van der Waals surface area contributed by atoms with Gasteiger partial charge in [0.1, 0.15) is 23.1 Å². The first-order valence-corrected chi connectivity index (χ1v) is 11.2. The van der Waals surface area contributed by atoms with E-state index in [0.29, 0.717) is 12.3 Å². The van der Waals surface area contributed by atoms with E-state index in [4.69, 9.17) is 4.74 Å². The average Bonchev–Trinajstić information content (AvgIpc) is 3.13. The van der Waals surface area contributed by atoms with Crippen LogP contribution < -0.4 is 4.74 Å². The summed E-state index contributed by atoms with van der Waals surface area (Å²) in [6.07, 6.45) is 0.978. The summed E-state index contributed by atoms with van der Waals surface area (Å²) in [6.45, 7) is 6.76. The van der Waals surface area contributed by atoms with Gasteiger partial charge in [0, 0.05) is 38.1 Å². The van der Waals surface area contributed by atoms with Crippen molar-refractivity contribution in [3.05, 3.63) is 81.8 Å². The SMILES string of the molecule is Cc1ccc(OCc2nc(C(=O)N3CCCN(Cc4ccccc4)CC3)cs2)cc1. The second-order valence-electron chi connectivity index (χ2n) is 7.64. The van der Waals surface area contributed by atoms with Gasteiger partial charge in [-0.05, 0) is 31.0 Å². The Kier molecular flexibility index (Phi) is 6.77. The largest absolute Gasteiger partial charge is 0.486 e. The molecule has 1 saturated heterocycles. The van der Waals surface area contributed by atoms with E-state index in [2.05, 4.69) is 34.1 Å². The van der Waals surface area contributed by atoms with Crippen molar-refractivity contribution in [2.45, 2.75) is 26.5 Å². The number of ether oxygens (including phenoxy) is 1. The molecule has 1 aromatic heterocycles. The smallest absolute Gasteiger partial charge is 0.273 e. The van der Waals surface area contributed by atoms with Crippen LogP contribution in [0.4, 0.5) is 0 Å². The Labute approximate surface area is 181 Å². The molecule has 0 radical (unpaired) electrons. The van der Waals surface area contributed by atoms with Crippen LogP contribution in [0.25, 0.3) is 0 Å². The van der Waals surface area contributed by atoms with Crippen molar-refractivity contribution in [1.29, 1.82) is 0 Å². The summed E-state index contributed by atoms with van der Waals surface area (Å²) in [4.78, 5) is 21.8. The van der Waals surface area contributed by atoms with Crippen LogP contribution in [0.15, 0.2) is 60.0 Å². The van der Waals surface area contributed by atoms with E-state index in [1.807, 2.05) is 47.5 Å². The van der Waals surface area contributed by atoms with Gasteiger partial charge >= 0.3 is 0 Å². The highest BCUT2D eigenvalue weighted by atomic mass is 32.1. The number of aryl methyl sites for hydroxylation is 1. The average molecular weight is 422 g/mol. The zero-order valence-corrected chi connectivity index (χ0v) is 18.1. The second kappa shape index (κ2) is 9.87. The molecular weight excluding hydrogens is 394 g/mol. The molecule has 1 fully saturated rings. The van der Waals surface area contributed by atoms with Crippen LogP contribution in [0.2, 0.25) is 0 Å². The zero-order chi connectivity index (χ0) is 20.8. The number of benzene rings is 2. The molecule has 0 unspecified atom stereocenters. The topological polar surface area (TPSA) is 45.7 Å². The summed E-state index contributed by atoms with van der Waals surface area (Å²) in [6, 6.07) is 18.4. The maximum absolute atomic E-state index is 13.0. The molecule has 0 atom stereocenters. The number of amides is 1. The minimum Gasteiger partial charge on any atom is -0.486 e. The van der Waals surface area contributed by atoms with Crippen molar-refractivity contribution >= 4 is 17.2 Å². The first-order chi connectivity index (χ1) is 14.7. The molecule has 1 aliphatic heterocycles. The van der Waals surface area contributed by atoms with Crippen LogP contribution in [0.3, 0.4) is 0 Å². The Bertz CT molecular complexity index is 956. The Balaban J connectivity index is 1.30. The van der Waals surface area contributed by atoms with Crippen LogP contribution >= 0.6 is 11.3 Å². The number of nitrogens with zero attached hydrogens (tertiary/aromatic N) is 3. The molecule has 2 aromatic carbocycles. The lowest BCUT2D eigenvalue weighted by molar-refractivity contribution is 0.0755. The highest BCUT2D eigenvalue weighted by Gasteiger charge is 2.22. The Morgan fingerprint density at radius 1 is 1.03 bits per heavy atom. The van der Waals surface area contributed by atoms with Gasteiger partial charge < -0.3 is 9.64 Å². The predicted octanol–water partition coefficient (Wildman–Crippen LogP) is 4.38. The molecule has 1 amide bonds. The molecule has 0 saturated carbocycles. The van der Waals surface area contributed by atoms with Gasteiger partial charge in [-0.3, -0.25) is 9.69 Å². The highest BCUT2D eigenvalue weighted by molar-refractivity contribution is 7.09. The van der Waals surface area contributed by atoms with Gasteiger partial charge in [0.15, 0.2) is 0 Å². The van der Waals surface area contributed by atoms with Crippen molar-refractivity contribution in [2.24, 2.45) is 0 Å². The fourth-order valence-electron chi connectivity index (χ4n) is 3.59. The lowest BCUT2D eigenvalue weighted by Crippen LogP contribution is -2.35. The van der Waals surface area contributed by atoms with Gasteiger partial charge in [0.25, 0.3) is 5.91 Å². The van der Waals surface area contributed by atoms with Crippen LogP contribution in [-0.4, -0.2) is 46.9 Å². The van der Waals surface area contributed by atoms with Gasteiger partial charge in [0.05, 0.1) is 0 Å². The molecule has 30 heavy (non-hydrogen) atoms. The highest BCUT2D eigenvalue weighted by Crippen LogP contribution is 2.18. The lowest BCUT2D eigenvalue weighted by atomic mass is 10.2. The van der Waals surface area contributed by atoms with Gasteiger partial charge in [0.2, 0.25) is 0 Å². The van der Waals surface area contributed by atoms with Gasteiger partial charge in [-0.2, -0.15) is 0 Å². The second-order valence-corrected chi connectivity index (χ2v) is 8.58. The Morgan fingerprint density at radius 2 is 1.83 bits per heavy atom. The molecule has 6 heteroatoms. The normalized spacial score (nSPS) is 15.0. The third-order valence-corrected chi connectivity index (χ3v) is 6.10. The van der Waals surface area contributed by atoms with Crippen LogP contribution in [0.1, 0.15) is 33.0 Å². The minimum atomic E-state index is 0.0226. The minimum absolute atomic E-state index is 0.0226. The fourth-order valence-corrected chi connectivity index (χ4v) is 4.27. The van der Waals surface area contributed by atoms with E-state index in [1.54, 1.807) is 0 Å². The van der Waals surface area contributed by atoms with Crippen LogP contribution in [0.5, 0.6) is 5.75 Å². The van der Waals surface area contributed by atoms with Crippen molar-refractivity contribution in [1.82, 2.24) is 14.8 Å². The molecule has 0 spiro atoms. The third-order valence-electron chi connectivity index (χ3n) is 5.28. The van der Waals surface area contributed by atoms with Crippen LogP contribution in [-0.2, 0) is 13.2 Å². The molecule has 4 rings (SSSR count). The van der Waals surface area contributed by atoms with Crippen molar-refractivity contribution < 1.29 is 9.53 Å². The summed E-state index contributed by atoms with van der Waals surface area (Å²) in [5, 5.41) is 2.67. The number of thiazole rings is 1. The Hall–Kier alpha value is -2.70. The van der Waals surface area contributed by atoms with Crippen molar-refractivity contribution in [3.63, 3.8) is 0 Å². The summed E-state index contributed by atoms with van der Waals surface area (Å²) in [5.74, 6) is 0.837. The van der Waals surface area contributed by atoms with E-state index >= 15 is 0 Å². The molecule has 3 aromatic rings. The lowest BCUT2D eigenvalue weighted by Gasteiger charge is -2.21. The standard InChI is InChI=1S/C24H27N3O2S/c1-19-8-10-21(11-9-19)29-17-23-25-22(18-30-23)24(28)27-13-5-12-26(14-15-27)16-20-6-3-2-4-7-20/h2-4,6-11,18H,5,12-17H2,1H3. The van der Waals surface area contributed by atoms with Gasteiger partial charge in [-0.15, -0.1) is 11.3 Å². The first kappa shape index (κ1) is 20.6. The predicted molar refractivity (Wildman–Crippen MR) is 120 cm³/mol. The van der Waals surface area contributed by atoms with E-state index < -0.39 is 0 Å². The van der Waals surface area contributed by atoms with Crippen LogP contribution in [0, 0.1) is 6.92 Å². The van der Waals surface area contributed by atoms with E-state index in [0.717, 1.165) is 49.9 Å². The third kappa shape index (κ3) is 5.46. The molecule has 1 aliphatic rings. The molecule has 0 N–H and O–H groups in total. The van der Waals surface area contributed by atoms with Gasteiger partial charge in [-0.1, -0.05) is 48.0 Å². The maximum atomic E-state index is 13.0. The molecule has 0 aliphatic carbocycles. The number of hydrogen-bond acceptors (Lipinski definition) is 5. The molecular formula is C24H27N3O2S. The van der Waals surface area contributed by atoms with Gasteiger partial charge in [-0.25, -0.2) is 4.98 Å². The molecule has 156 valence electrons. The molecule has 2 heterocycles. The monoisotopic (exact) mass is 421 g/mol. The summed E-state index contributed by atoms with van der Waals surface area (Å²) in [5.41, 5.74) is 3.04. The number of aromatic nitrogens is 1. The summed E-state index contributed by atoms with van der Waals surface area (Å²) < 4.78 is 5.79. The number of hydrogen-bond donors (Lipinski definition) is 0. The Morgan fingerprint density at radius 3 is 2.63 bits per heavy atom. The number of carbonyl (C=O) groups excluding carboxylic acids is 1. The molecule has 5 nitrogen and oxygen atoms in total. The zero-order valence-electron chi connectivity index (χ0n) is 17.3. The quantitative estimate of drug-likeness (QED) is 0.593. The maximum Gasteiger partial charge on any atom is 0.273 e. The first-order valence-electron chi connectivity index (χ1n) is 10.4. The van der Waals surface area contributed by atoms with Crippen molar-refractivity contribution in [2.75, 3.05) is 26.2 Å². The summed E-state index contributed by atoms with van der Waals surface area (Å²) >= 11 is 1.48. The van der Waals surface area contributed by atoms with E-state index in [1.165, 1.54) is 22.5 Å². The molecule has 0 bridgehead atoms. The number of carbonyl (C=O) groups is 1. The van der Waals surface area contributed by atoms with Crippen molar-refractivity contribution in [3.8, 4) is 5.75 Å².